The molecule has 19 heavy (non-hydrogen) atoms. The lowest BCUT2D eigenvalue weighted by molar-refractivity contribution is 0.0601. The van der Waals surface area contributed by atoms with E-state index in [0.717, 1.165) is 0 Å². The Kier molecular flexibility index (Phi) is 5.25. The number of carbonyl (C=O) groups is 1. The Morgan fingerprint density at radius 1 is 1.47 bits per heavy atom. The fourth-order valence-corrected chi connectivity index (χ4v) is 2.24. The maximum Gasteiger partial charge on any atom is 0.341 e. The van der Waals surface area contributed by atoms with Gasteiger partial charge in [0.25, 0.3) is 10.2 Å². The van der Waals surface area contributed by atoms with Gasteiger partial charge in [-0.3, -0.25) is 4.72 Å². The lowest BCUT2D eigenvalue weighted by Crippen LogP contribution is -2.33. The van der Waals surface area contributed by atoms with Crippen molar-refractivity contribution in [3.8, 4) is 0 Å². The van der Waals surface area contributed by atoms with E-state index in [1.807, 2.05) is 13.8 Å². The van der Waals surface area contributed by atoms with Gasteiger partial charge < -0.3 is 4.74 Å². The predicted octanol–water partition coefficient (Wildman–Crippen LogP) is 0.770. The van der Waals surface area contributed by atoms with Crippen LogP contribution in [-0.4, -0.2) is 33.0 Å². The highest BCUT2D eigenvalue weighted by atomic mass is 32.2. The summed E-state index contributed by atoms with van der Waals surface area (Å²) in [7, 11) is -2.55. The average Bonchev–Trinajstić information content (AvgIpc) is 2.36. The van der Waals surface area contributed by atoms with E-state index >= 15 is 0 Å². The van der Waals surface area contributed by atoms with Gasteiger partial charge in [-0.25, -0.2) is 9.78 Å². The molecule has 0 aromatic carbocycles. The highest BCUT2D eigenvalue weighted by Gasteiger charge is 2.17. The second-order valence-corrected chi connectivity index (χ2v) is 5.74. The summed E-state index contributed by atoms with van der Waals surface area (Å²) < 4.78 is 32.6. The van der Waals surface area contributed by atoms with Crippen molar-refractivity contribution in [3.63, 3.8) is 0 Å². The Morgan fingerprint density at radius 3 is 2.74 bits per heavy atom. The van der Waals surface area contributed by atoms with Gasteiger partial charge in [-0.1, -0.05) is 13.8 Å². The average molecular weight is 287 g/mol. The Morgan fingerprint density at radius 2 is 2.16 bits per heavy atom. The van der Waals surface area contributed by atoms with E-state index in [0.29, 0.717) is 0 Å². The van der Waals surface area contributed by atoms with Crippen molar-refractivity contribution in [1.82, 2.24) is 9.71 Å². The van der Waals surface area contributed by atoms with Crippen molar-refractivity contribution in [2.24, 2.45) is 5.92 Å². The van der Waals surface area contributed by atoms with E-state index in [1.165, 1.54) is 25.4 Å². The number of anilines is 1. The predicted molar refractivity (Wildman–Crippen MR) is 71.0 cm³/mol. The standard InChI is InChI=1S/C11H17N3O4S/c1-8(2)7-13-19(16,17)14-10-9(11(15)18-3)5-4-6-12-10/h4-6,8,13H,7H2,1-3H3,(H,12,14). The molecule has 0 amide bonds. The summed E-state index contributed by atoms with van der Waals surface area (Å²) in [6, 6.07) is 2.95. The van der Waals surface area contributed by atoms with Crippen molar-refractivity contribution in [3.05, 3.63) is 23.9 Å². The molecule has 0 spiro atoms. The normalized spacial score (nSPS) is 11.4. The molecule has 8 heteroatoms. The Labute approximate surface area is 112 Å². The molecule has 0 aliphatic rings. The minimum absolute atomic E-state index is 0.0555. The first kappa shape index (κ1) is 15.4. The van der Waals surface area contributed by atoms with Gasteiger partial charge in [0.1, 0.15) is 5.56 Å². The maximum absolute atomic E-state index is 11.8. The van der Waals surface area contributed by atoms with Crippen LogP contribution >= 0.6 is 0 Å². The molecule has 1 aromatic heterocycles. The smallest absolute Gasteiger partial charge is 0.341 e. The molecule has 0 radical (unpaired) electrons. The van der Waals surface area contributed by atoms with Crippen LogP contribution < -0.4 is 9.44 Å². The van der Waals surface area contributed by atoms with Crippen LogP contribution in [-0.2, 0) is 14.9 Å². The summed E-state index contributed by atoms with van der Waals surface area (Å²) in [4.78, 5) is 15.3. The molecule has 0 atom stereocenters. The van der Waals surface area contributed by atoms with E-state index in [-0.39, 0.29) is 23.8 Å². The number of hydrogen-bond donors (Lipinski definition) is 2. The van der Waals surface area contributed by atoms with Crippen molar-refractivity contribution in [2.45, 2.75) is 13.8 Å². The van der Waals surface area contributed by atoms with Gasteiger partial charge in [0.2, 0.25) is 0 Å². The van der Waals surface area contributed by atoms with E-state index < -0.39 is 16.2 Å². The monoisotopic (exact) mass is 287 g/mol. The van der Waals surface area contributed by atoms with Crippen LogP contribution in [0.1, 0.15) is 24.2 Å². The van der Waals surface area contributed by atoms with E-state index in [1.54, 1.807) is 0 Å². The Balaban J connectivity index is 2.90. The highest BCUT2D eigenvalue weighted by Crippen LogP contribution is 2.13. The quantitative estimate of drug-likeness (QED) is 0.753. The zero-order valence-electron chi connectivity index (χ0n) is 11.0. The van der Waals surface area contributed by atoms with Crippen LogP contribution in [0.3, 0.4) is 0 Å². The van der Waals surface area contributed by atoms with E-state index in [2.05, 4.69) is 19.2 Å². The third-order valence-corrected chi connectivity index (χ3v) is 3.13. The number of rotatable bonds is 6. The van der Waals surface area contributed by atoms with Crippen LogP contribution in [0.2, 0.25) is 0 Å². The van der Waals surface area contributed by atoms with Crippen LogP contribution in [0.4, 0.5) is 5.82 Å². The minimum atomic E-state index is -3.76. The second-order valence-electron chi connectivity index (χ2n) is 4.24. The topological polar surface area (TPSA) is 97.4 Å². The molecule has 0 aliphatic carbocycles. The zero-order valence-corrected chi connectivity index (χ0v) is 11.8. The lowest BCUT2D eigenvalue weighted by atomic mass is 10.2. The van der Waals surface area contributed by atoms with Gasteiger partial charge in [0.15, 0.2) is 5.82 Å². The fraction of sp³-hybridized carbons (Fsp3) is 0.455. The molecule has 0 bridgehead atoms. The summed E-state index contributed by atoms with van der Waals surface area (Å²) in [5.74, 6) is -0.555. The number of carbonyl (C=O) groups excluding carboxylic acids is 1. The third kappa shape index (κ3) is 4.84. The molecule has 0 saturated carbocycles. The first-order valence-corrected chi connectivity index (χ1v) is 7.14. The summed E-state index contributed by atoms with van der Waals surface area (Å²) in [5.41, 5.74) is 0.0555. The molecular formula is C11H17N3O4S. The van der Waals surface area contributed by atoms with Crippen molar-refractivity contribution < 1.29 is 17.9 Å². The van der Waals surface area contributed by atoms with Crippen LogP contribution in [0.15, 0.2) is 18.3 Å². The number of aromatic nitrogens is 1. The second kappa shape index (κ2) is 6.48. The van der Waals surface area contributed by atoms with Crippen molar-refractivity contribution in [2.75, 3.05) is 18.4 Å². The lowest BCUT2D eigenvalue weighted by Gasteiger charge is -2.12. The number of esters is 1. The van der Waals surface area contributed by atoms with Crippen molar-refractivity contribution >= 4 is 22.0 Å². The summed E-state index contributed by atoms with van der Waals surface area (Å²) in [5, 5.41) is 0. The number of nitrogens with one attached hydrogen (secondary N) is 2. The molecule has 0 fully saturated rings. The molecule has 0 saturated heterocycles. The van der Waals surface area contributed by atoms with Crippen LogP contribution in [0.5, 0.6) is 0 Å². The number of nitrogens with zero attached hydrogens (tertiary/aromatic N) is 1. The van der Waals surface area contributed by atoms with Gasteiger partial charge in [-0.15, -0.1) is 0 Å². The number of hydrogen-bond acceptors (Lipinski definition) is 5. The molecule has 1 rings (SSSR count). The van der Waals surface area contributed by atoms with E-state index in [9.17, 15) is 13.2 Å². The molecule has 106 valence electrons. The first-order valence-electron chi connectivity index (χ1n) is 5.66. The van der Waals surface area contributed by atoms with E-state index in [4.69, 9.17) is 0 Å². The maximum atomic E-state index is 11.8. The summed E-state index contributed by atoms with van der Waals surface area (Å²) >= 11 is 0. The molecule has 1 heterocycles. The van der Waals surface area contributed by atoms with Crippen LogP contribution in [0, 0.1) is 5.92 Å². The van der Waals surface area contributed by atoms with Gasteiger partial charge >= 0.3 is 5.97 Å². The molecule has 0 unspecified atom stereocenters. The number of pyridine rings is 1. The number of methoxy groups -OCH3 is 1. The van der Waals surface area contributed by atoms with Gasteiger partial charge in [0.05, 0.1) is 7.11 Å². The zero-order chi connectivity index (χ0) is 14.5. The van der Waals surface area contributed by atoms with Gasteiger partial charge in [-0.2, -0.15) is 13.1 Å². The fourth-order valence-electron chi connectivity index (χ4n) is 1.20. The molecule has 7 nitrogen and oxygen atoms in total. The molecule has 2 N–H and O–H groups in total. The van der Waals surface area contributed by atoms with Gasteiger partial charge in [-0.05, 0) is 18.1 Å². The molecule has 0 aliphatic heterocycles. The molecule has 1 aromatic rings. The SMILES string of the molecule is COC(=O)c1cccnc1NS(=O)(=O)NCC(C)C. The third-order valence-electron chi connectivity index (χ3n) is 2.13. The summed E-state index contributed by atoms with van der Waals surface area (Å²) in [6.45, 7) is 4.04. The largest absolute Gasteiger partial charge is 0.465 e. The van der Waals surface area contributed by atoms with Gasteiger partial charge in [0, 0.05) is 12.7 Å². The highest BCUT2D eigenvalue weighted by molar-refractivity contribution is 7.90. The number of ether oxygens (including phenoxy) is 1. The summed E-state index contributed by atoms with van der Waals surface area (Å²) in [6.07, 6.45) is 1.38. The minimum Gasteiger partial charge on any atom is -0.465 e. The van der Waals surface area contributed by atoms with Crippen molar-refractivity contribution in [1.29, 1.82) is 0 Å². The molecular weight excluding hydrogens is 270 g/mol. The Hall–Kier alpha value is -1.67. The Bertz CT molecular complexity index is 543. The first-order chi connectivity index (χ1) is 8.85. The van der Waals surface area contributed by atoms with Crippen LogP contribution in [0.25, 0.3) is 0 Å².